The van der Waals surface area contributed by atoms with Crippen molar-refractivity contribution < 1.29 is 28.2 Å². The van der Waals surface area contributed by atoms with Crippen LogP contribution in [-0.4, -0.2) is 54.9 Å². The molecule has 1 saturated heterocycles. The zero-order valence-corrected chi connectivity index (χ0v) is 19.2. The number of nitrogens with zero attached hydrogens (tertiary/aromatic N) is 2. The first kappa shape index (κ1) is 24.5. The summed E-state index contributed by atoms with van der Waals surface area (Å²) in [6.07, 6.45) is 4.99. The molecular formula is C25H31FN2O5. The zero-order chi connectivity index (χ0) is 23.6. The van der Waals surface area contributed by atoms with Gasteiger partial charge in [-0.25, -0.2) is 14.0 Å². The number of carbonyl (C=O) groups is 2. The summed E-state index contributed by atoms with van der Waals surface area (Å²) in [4.78, 5) is 29.9. The van der Waals surface area contributed by atoms with Gasteiger partial charge in [0.15, 0.2) is 0 Å². The van der Waals surface area contributed by atoms with Gasteiger partial charge < -0.3 is 19.1 Å². The smallest absolute Gasteiger partial charge is 0.409 e. The Morgan fingerprint density at radius 3 is 2.55 bits per heavy atom. The van der Waals surface area contributed by atoms with E-state index in [0.717, 1.165) is 25.7 Å². The predicted octanol–water partition coefficient (Wildman–Crippen LogP) is 5.09. The Bertz CT molecular complexity index is 927. The average molecular weight is 459 g/mol. The molecule has 1 aromatic carbocycles. The second-order valence-electron chi connectivity index (χ2n) is 8.00. The highest BCUT2D eigenvalue weighted by Gasteiger charge is 2.24. The molecular weight excluding hydrogens is 427 g/mol. The Balaban J connectivity index is 1.47. The largest absolute Gasteiger partial charge is 0.492 e. The summed E-state index contributed by atoms with van der Waals surface area (Å²) in [6, 6.07) is 7.86. The number of piperidine rings is 1. The molecule has 0 saturated carbocycles. The number of carbonyl (C=O) groups excluding carboxylic acids is 2. The summed E-state index contributed by atoms with van der Waals surface area (Å²) >= 11 is 0. The Kier molecular flexibility index (Phi) is 9.04. The van der Waals surface area contributed by atoms with Crippen LogP contribution in [0.3, 0.4) is 0 Å². The third-order valence-electron chi connectivity index (χ3n) is 5.58. The SMILES string of the molecule is CCCCOC(=O)N1CCC(COc2ccc(-c3ccc(C(=O)OCC)c(F)c3)nc2)CC1. The molecule has 1 aliphatic rings. The normalized spacial score (nSPS) is 14.1. The molecule has 1 amide bonds. The molecule has 1 fully saturated rings. The van der Waals surface area contributed by atoms with Crippen LogP contribution in [-0.2, 0) is 9.47 Å². The van der Waals surface area contributed by atoms with Crippen LogP contribution in [0.2, 0.25) is 0 Å². The van der Waals surface area contributed by atoms with Crippen molar-refractivity contribution in [2.75, 3.05) is 32.9 Å². The number of amides is 1. The topological polar surface area (TPSA) is 78.0 Å². The number of ether oxygens (including phenoxy) is 3. The number of aromatic nitrogens is 1. The molecule has 7 nitrogen and oxygen atoms in total. The maximum absolute atomic E-state index is 14.3. The van der Waals surface area contributed by atoms with E-state index in [1.165, 1.54) is 12.1 Å². The molecule has 0 radical (unpaired) electrons. The molecule has 0 spiro atoms. The van der Waals surface area contributed by atoms with E-state index in [-0.39, 0.29) is 18.3 Å². The van der Waals surface area contributed by atoms with Gasteiger partial charge in [0, 0.05) is 18.7 Å². The van der Waals surface area contributed by atoms with E-state index in [9.17, 15) is 14.0 Å². The average Bonchev–Trinajstić information content (AvgIpc) is 2.83. The van der Waals surface area contributed by atoms with Gasteiger partial charge in [-0.2, -0.15) is 0 Å². The Morgan fingerprint density at radius 1 is 1.12 bits per heavy atom. The minimum absolute atomic E-state index is 0.0965. The highest BCUT2D eigenvalue weighted by atomic mass is 19.1. The first-order chi connectivity index (χ1) is 16.0. The minimum Gasteiger partial charge on any atom is -0.492 e. The van der Waals surface area contributed by atoms with Crippen molar-refractivity contribution in [2.45, 2.75) is 39.5 Å². The van der Waals surface area contributed by atoms with Crippen molar-refractivity contribution in [1.29, 1.82) is 0 Å². The van der Waals surface area contributed by atoms with E-state index in [0.29, 0.717) is 49.2 Å². The van der Waals surface area contributed by atoms with Crippen LogP contribution < -0.4 is 4.74 Å². The molecule has 2 aromatic rings. The molecule has 33 heavy (non-hydrogen) atoms. The number of rotatable bonds is 9. The first-order valence-corrected chi connectivity index (χ1v) is 11.5. The third kappa shape index (κ3) is 6.91. The lowest BCUT2D eigenvalue weighted by Gasteiger charge is -2.31. The molecule has 178 valence electrons. The third-order valence-corrected chi connectivity index (χ3v) is 5.58. The molecule has 0 atom stereocenters. The molecule has 1 aromatic heterocycles. The monoisotopic (exact) mass is 458 g/mol. The van der Waals surface area contributed by atoms with Gasteiger partial charge in [-0.1, -0.05) is 19.4 Å². The summed E-state index contributed by atoms with van der Waals surface area (Å²) in [5, 5.41) is 0. The number of hydrogen-bond acceptors (Lipinski definition) is 6. The van der Waals surface area contributed by atoms with Crippen LogP contribution in [0.1, 0.15) is 49.9 Å². The fourth-order valence-corrected chi connectivity index (χ4v) is 3.58. The van der Waals surface area contributed by atoms with Crippen LogP contribution in [0, 0.1) is 11.7 Å². The molecule has 3 rings (SSSR count). The number of esters is 1. The fourth-order valence-electron chi connectivity index (χ4n) is 3.58. The predicted molar refractivity (Wildman–Crippen MR) is 122 cm³/mol. The van der Waals surface area contributed by atoms with Gasteiger partial charge in [-0.15, -0.1) is 0 Å². The van der Waals surface area contributed by atoms with E-state index in [4.69, 9.17) is 14.2 Å². The van der Waals surface area contributed by atoms with Crippen molar-refractivity contribution in [3.63, 3.8) is 0 Å². The van der Waals surface area contributed by atoms with Crippen molar-refractivity contribution in [2.24, 2.45) is 5.92 Å². The van der Waals surface area contributed by atoms with Gasteiger partial charge in [0.2, 0.25) is 0 Å². The van der Waals surface area contributed by atoms with Crippen LogP contribution in [0.25, 0.3) is 11.3 Å². The van der Waals surface area contributed by atoms with E-state index in [1.807, 2.05) is 0 Å². The maximum Gasteiger partial charge on any atom is 0.409 e. The van der Waals surface area contributed by atoms with E-state index < -0.39 is 11.8 Å². The number of likely N-dealkylation sites (tertiary alicyclic amines) is 1. The maximum atomic E-state index is 14.3. The Morgan fingerprint density at radius 2 is 1.91 bits per heavy atom. The van der Waals surface area contributed by atoms with Crippen molar-refractivity contribution in [1.82, 2.24) is 9.88 Å². The van der Waals surface area contributed by atoms with E-state index >= 15 is 0 Å². The highest BCUT2D eigenvalue weighted by molar-refractivity contribution is 5.90. The van der Waals surface area contributed by atoms with Crippen molar-refractivity contribution in [3.05, 3.63) is 47.9 Å². The van der Waals surface area contributed by atoms with Gasteiger partial charge >= 0.3 is 12.1 Å². The number of unbranched alkanes of at least 4 members (excludes halogenated alkanes) is 1. The van der Waals surface area contributed by atoms with Gasteiger partial charge in [-0.3, -0.25) is 4.98 Å². The second-order valence-corrected chi connectivity index (χ2v) is 8.00. The number of pyridine rings is 1. The lowest BCUT2D eigenvalue weighted by Crippen LogP contribution is -2.40. The molecule has 1 aliphatic heterocycles. The van der Waals surface area contributed by atoms with Crippen LogP contribution in [0.4, 0.5) is 9.18 Å². The number of benzene rings is 1. The second kappa shape index (κ2) is 12.2. The summed E-state index contributed by atoms with van der Waals surface area (Å²) in [5.74, 6) is -0.344. The van der Waals surface area contributed by atoms with Gasteiger partial charge in [-0.05, 0) is 56.4 Å². The summed E-state index contributed by atoms with van der Waals surface area (Å²) in [5.41, 5.74) is 1.04. The molecule has 0 unspecified atom stereocenters. The highest BCUT2D eigenvalue weighted by Crippen LogP contribution is 2.24. The number of halogens is 1. The van der Waals surface area contributed by atoms with Gasteiger partial charge in [0.05, 0.1) is 37.3 Å². The minimum atomic E-state index is -0.683. The fraction of sp³-hybridized carbons (Fsp3) is 0.480. The van der Waals surface area contributed by atoms with Crippen LogP contribution >= 0.6 is 0 Å². The van der Waals surface area contributed by atoms with Crippen molar-refractivity contribution in [3.8, 4) is 17.0 Å². The van der Waals surface area contributed by atoms with Gasteiger partial charge in [0.1, 0.15) is 11.6 Å². The van der Waals surface area contributed by atoms with Crippen molar-refractivity contribution >= 4 is 12.1 Å². The molecule has 2 heterocycles. The lowest BCUT2D eigenvalue weighted by molar-refractivity contribution is 0.0521. The van der Waals surface area contributed by atoms with Crippen LogP contribution in [0.15, 0.2) is 36.5 Å². The van der Waals surface area contributed by atoms with E-state index in [1.54, 1.807) is 36.2 Å². The van der Waals surface area contributed by atoms with E-state index in [2.05, 4.69) is 11.9 Å². The lowest BCUT2D eigenvalue weighted by atomic mass is 9.98. The molecule has 8 heteroatoms. The first-order valence-electron chi connectivity index (χ1n) is 11.5. The standard InChI is InChI=1S/C25H31FN2O5/c1-3-5-14-32-25(30)28-12-10-18(11-13-28)17-33-20-7-9-23(27-16-20)19-6-8-21(22(26)15-19)24(29)31-4-2/h6-9,15-16,18H,3-5,10-14,17H2,1-2H3. The Labute approximate surface area is 193 Å². The van der Waals surface area contributed by atoms with Crippen LogP contribution in [0.5, 0.6) is 5.75 Å². The molecule has 0 aliphatic carbocycles. The summed E-state index contributed by atoms with van der Waals surface area (Å²) in [6.45, 7) is 6.28. The number of hydrogen-bond donors (Lipinski definition) is 0. The molecule has 0 bridgehead atoms. The zero-order valence-electron chi connectivity index (χ0n) is 19.2. The summed E-state index contributed by atoms with van der Waals surface area (Å²) < 4.78 is 30.3. The molecule has 0 N–H and O–H groups in total. The summed E-state index contributed by atoms with van der Waals surface area (Å²) in [7, 11) is 0. The quantitative estimate of drug-likeness (QED) is 0.385. The van der Waals surface area contributed by atoms with Gasteiger partial charge in [0.25, 0.3) is 0 Å². The Hall–Kier alpha value is -3.16.